The van der Waals surface area contributed by atoms with Gasteiger partial charge in [0, 0.05) is 12.1 Å². The summed E-state index contributed by atoms with van der Waals surface area (Å²) in [5.74, 6) is 0.0273. The van der Waals surface area contributed by atoms with Crippen LogP contribution < -0.4 is 10.6 Å². The fourth-order valence-corrected chi connectivity index (χ4v) is 2.62. The molecule has 3 nitrogen and oxygen atoms in total. The molecule has 0 spiro atoms. The molecule has 0 aromatic heterocycles. The van der Waals surface area contributed by atoms with Crippen LogP contribution in [0.5, 0.6) is 0 Å². The molecule has 19 heavy (non-hydrogen) atoms. The molecule has 1 aliphatic rings. The summed E-state index contributed by atoms with van der Waals surface area (Å²) >= 11 is 0. The van der Waals surface area contributed by atoms with Crippen molar-refractivity contribution in [2.75, 3.05) is 17.2 Å². The first kappa shape index (κ1) is 11.8. The molecule has 0 atom stereocenters. The van der Waals surface area contributed by atoms with E-state index in [1.165, 1.54) is 0 Å². The van der Waals surface area contributed by atoms with E-state index in [4.69, 9.17) is 5.73 Å². The van der Waals surface area contributed by atoms with Crippen molar-refractivity contribution in [3.8, 4) is 0 Å². The van der Waals surface area contributed by atoms with Crippen LogP contribution >= 0.6 is 0 Å². The molecule has 3 rings (SSSR count). The van der Waals surface area contributed by atoms with Crippen LogP contribution in [0.1, 0.15) is 22.3 Å². The number of nitrogen functional groups attached to an aromatic ring is 1. The number of nitrogens with two attached hydrogens (primary N) is 1. The Morgan fingerprint density at radius 1 is 1.05 bits per heavy atom. The third kappa shape index (κ3) is 2.08. The van der Waals surface area contributed by atoms with Crippen molar-refractivity contribution in [3.63, 3.8) is 0 Å². The van der Waals surface area contributed by atoms with Crippen LogP contribution in [-0.2, 0) is 6.42 Å². The zero-order chi connectivity index (χ0) is 13.2. The number of fused-ring (bicyclic) bond motifs is 1. The quantitative estimate of drug-likeness (QED) is 0.793. The molecule has 0 saturated carbocycles. The number of carbonyl (C=O) groups excluding carboxylic acids is 1. The van der Waals surface area contributed by atoms with Crippen molar-refractivity contribution >= 4 is 17.3 Å². The third-order valence-corrected chi connectivity index (χ3v) is 3.51. The minimum absolute atomic E-state index is 0.0273. The van der Waals surface area contributed by atoms with Crippen LogP contribution in [0.25, 0.3) is 0 Å². The second-order valence-corrected chi connectivity index (χ2v) is 4.78. The summed E-state index contributed by atoms with van der Waals surface area (Å²) in [6.45, 7) is 0.731. The number of benzene rings is 2. The largest absolute Gasteiger partial charge is 0.397 e. The smallest absolute Gasteiger partial charge is 0.258 e. The molecule has 1 aliphatic heterocycles. The van der Waals surface area contributed by atoms with Gasteiger partial charge < -0.3 is 10.6 Å². The summed E-state index contributed by atoms with van der Waals surface area (Å²) in [7, 11) is 0. The van der Waals surface area contributed by atoms with Crippen LogP contribution in [0, 0.1) is 0 Å². The van der Waals surface area contributed by atoms with Crippen molar-refractivity contribution in [2.24, 2.45) is 0 Å². The fourth-order valence-electron chi connectivity index (χ4n) is 2.62. The molecule has 3 heteroatoms. The number of carbonyl (C=O) groups is 1. The summed E-state index contributed by atoms with van der Waals surface area (Å²) in [4.78, 5) is 14.4. The van der Waals surface area contributed by atoms with E-state index in [1.54, 1.807) is 0 Å². The van der Waals surface area contributed by atoms with Crippen molar-refractivity contribution in [1.82, 2.24) is 0 Å². The number of para-hydroxylation sites is 1. The highest BCUT2D eigenvalue weighted by molar-refractivity contribution is 6.08. The maximum atomic E-state index is 12.6. The van der Waals surface area contributed by atoms with Crippen molar-refractivity contribution in [2.45, 2.75) is 12.8 Å². The Bertz CT molecular complexity index is 607. The van der Waals surface area contributed by atoms with Crippen molar-refractivity contribution < 1.29 is 4.79 Å². The average molecular weight is 252 g/mol. The standard InChI is InChI=1S/C16H16N2O/c17-14-10-4-8-12-9-5-11-18(15(12)14)16(19)13-6-2-1-3-7-13/h1-4,6-8,10H,5,9,11,17H2. The van der Waals surface area contributed by atoms with Gasteiger partial charge in [0.05, 0.1) is 11.4 Å². The molecule has 0 radical (unpaired) electrons. The average Bonchev–Trinajstić information content (AvgIpc) is 2.47. The predicted octanol–water partition coefficient (Wildman–Crippen LogP) is 2.86. The predicted molar refractivity (Wildman–Crippen MR) is 77.3 cm³/mol. The molecule has 2 aromatic carbocycles. The minimum Gasteiger partial charge on any atom is -0.397 e. The lowest BCUT2D eigenvalue weighted by Crippen LogP contribution is -2.36. The van der Waals surface area contributed by atoms with Crippen LogP contribution in [-0.4, -0.2) is 12.5 Å². The Balaban J connectivity index is 2.03. The highest BCUT2D eigenvalue weighted by atomic mass is 16.2. The zero-order valence-electron chi connectivity index (χ0n) is 10.7. The number of amides is 1. The molecule has 1 heterocycles. The van der Waals surface area contributed by atoms with Gasteiger partial charge in [-0.05, 0) is 36.6 Å². The zero-order valence-corrected chi connectivity index (χ0v) is 10.7. The first-order valence-electron chi connectivity index (χ1n) is 6.51. The second-order valence-electron chi connectivity index (χ2n) is 4.78. The van der Waals surface area contributed by atoms with Crippen LogP contribution in [0.15, 0.2) is 48.5 Å². The molecule has 0 fully saturated rings. The van der Waals surface area contributed by atoms with Gasteiger partial charge in [0.25, 0.3) is 5.91 Å². The SMILES string of the molecule is Nc1cccc2c1N(C(=O)c1ccccc1)CCC2. The molecular weight excluding hydrogens is 236 g/mol. The highest BCUT2D eigenvalue weighted by Crippen LogP contribution is 2.33. The Labute approximate surface area is 112 Å². The minimum atomic E-state index is 0.0273. The second kappa shape index (κ2) is 4.76. The lowest BCUT2D eigenvalue weighted by molar-refractivity contribution is 0.0985. The van der Waals surface area contributed by atoms with E-state index in [2.05, 4.69) is 6.07 Å². The van der Waals surface area contributed by atoms with E-state index in [-0.39, 0.29) is 5.91 Å². The van der Waals surface area contributed by atoms with E-state index in [9.17, 15) is 4.79 Å². The first-order valence-corrected chi connectivity index (χ1v) is 6.51. The van der Waals surface area contributed by atoms with Gasteiger partial charge in [-0.3, -0.25) is 4.79 Å². The van der Waals surface area contributed by atoms with Crippen LogP contribution in [0.3, 0.4) is 0 Å². The van der Waals surface area contributed by atoms with Gasteiger partial charge in [-0.2, -0.15) is 0 Å². The maximum absolute atomic E-state index is 12.6. The van der Waals surface area contributed by atoms with Gasteiger partial charge in [0.15, 0.2) is 0 Å². The normalized spacial score (nSPS) is 14.0. The number of hydrogen-bond acceptors (Lipinski definition) is 2. The molecule has 1 amide bonds. The lowest BCUT2D eigenvalue weighted by atomic mass is 9.99. The number of hydrogen-bond donors (Lipinski definition) is 1. The van der Waals surface area contributed by atoms with Crippen molar-refractivity contribution in [3.05, 3.63) is 59.7 Å². The van der Waals surface area contributed by atoms with E-state index in [0.717, 1.165) is 30.6 Å². The number of nitrogens with zero attached hydrogens (tertiary/aromatic N) is 1. The summed E-state index contributed by atoms with van der Waals surface area (Å²) in [5, 5.41) is 0. The van der Waals surface area contributed by atoms with Gasteiger partial charge in [-0.15, -0.1) is 0 Å². The van der Waals surface area contributed by atoms with E-state index in [0.29, 0.717) is 11.3 Å². The van der Waals surface area contributed by atoms with Crippen LogP contribution in [0.4, 0.5) is 11.4 Å². The Morgan fingerprint density at radius 3 is 2.63 bits per heavy atom. The summed E-state index contributed by atoms with van der Waals surface area (Å²) in [6, 6.07) is 15.2. The molecule has 0 aliphatic carbocycles. The molecule has 0 saturated heterocycles. The third-order valence-electron chi connectivity index (χ3n) is 3.51. The molecule has 0 unspecified atom stereocenters. The van der Waals surface area contributed by atoms with Gasteiger partial charge in [-0.25, -0.2) is 0 Å². The van der Waals surface area contributed by atoms with Gasteiger partial charge >= 0.3 is 0 Å². The Kier molecular flexibility index (Phi) is 2.95. The molecule has 96 valence electrons. The molecule has 0 bridgehead atoms. The van der Waals surface area contributed by atoms with Gasteiger partial charge in [0.1, 0.15) is 0 Å². The topological polar surface area (TPSA) is 46.3 Å². The van der Waals surface area contributed by atoms with E-state index < -0.39 is 0 Å². The molecule has 2 aromatic rings. The molecule has 2 N–H and O–H groups in total. The first-order chi connectivity index (χ1) is 9.27. The number of rotatable bonds is 1. The van der Waals surface area contributed by atoms with E-state index >= 15 is 0 Å². The fraction of sp³-hybridized carbons (Fsp3) is 0.188. The lowest BCUT2D eigenvalue weighted by Gasteiger charge is -2.30. The summed E-state index contributed by atoms with van der Waals surface area (Å²) < 4.78 is 0. The monoisotopic (exact) mass is 252 g/mol. The summed E-state index contributed by atoms with van der Waals surface area (Å²) in [6.07, 6.45) is 1.97. The van der Waals surface area contributed by atoms with Gasteiger partial charge in [0.2, 0.25) is 0 Å². The van der Waals surface area contributed by atoms with Gasteiger partial charge in [-0.1, -0.05) is 30.3 Å². The highest BCUT2D eigenvalue weighted by Gasteiger charge is 2.25. The van der Waals surface area contributed by atoms with E-state index in [1.807, 2.05) is 47.4 Å². The number of anilines is 2. The Hall–Kier alpha value is -2.29. The number of aryl methyl sites for hydroxylation is 1. The maximum Gasteiger partial charge on any atom is 0.258 e. The summed E-state index contributed by atoms with van der Waals surface area (Å²) in [5.41, 5.74) is 9.50. The van der Waals surface area contributed by atoms with Crippen molar-refractivity contribution in [1.29, 1.82) is 0 Å². The van der Waals surface area contributed by atoms with Crippen LogP contribution in [0.2, 0.25) is 0 Å². The molecular formula is C16H16N2O. The Morgan fingerprint density at radius 2 is 1.84 bits per heavy atom.